The minimum absolute atomic E-state index is 0.164. The molecule has 0 amide bonds. The Hall–Kier alpha value is -0.670. The fraction of sp³-hybridized carbons (Fsp3) is 0.286. The zero-order valence-electron chi connectivity index (χ0n) is 9.62. The van der Waals surface area contributed by atoms with Crippen molar-refractivity contribution >= 4 is 27.3 Å². The van der Waals surface area contributed by atoms with Crippen LogP contribution in [-0.2, 0) is 12.8 Å². The van der Waals surface area contributed by atoms with Gasteiger partial charge in [-0.1, -0.05) is 35.0 Å². The maximum Gasteiger partial charge on any atom is 0.123 e. The van der Waals surface area contributed by atoms with E-state index < -0.39 is 0 Å². The molecule has 2 rings (SSSR count). The van der Waals surface area contributed by atoms with Crippen molar-refractivity contribution in [2.24, 2.45) is 0 Å². The van der Waals surface area contributed by atoms with Gasteiger partial charge in [0.2, 0.25) is 0 Å². The number of thiophene rings is 1. The second kappa shape index (κ2) is 5.78. The van der Waals surface area contributed by atoms with Crippen LogP contribution in [0.4, 0.5) is 4.39 Å². The second-order valence-electron chi connectivity index (χ2n) is 3.96. The van der Waals surface area contributed by atoms with Gasteiger partial charge < -0.3 is 0 Å². The molecule has 0 aliphatic rings. The average Bonchev–Trinajstić information content (AvgIpc) is 2.77. The molecule has 0 nitrogen and oxygen atoms in total. The van der Waals surface area contributed by atoms with Crippen LogP contribution in [0.1, 0.15) is 27.1 Å². The highest BCUT2D eigenvalue weighted by molar-refractivity contribution is 9.09. The molecule has 0 radical (unpaired) electrons. The van der Waals surface area contributed by atoms with Gasteiger partial charge in [-0.2, -0.15) is 0 Å². The van der Waals surface area contributed by atoms with Crippen LogP contribution in [0, 0.1) is 5.82 Å². The van der Waals surface area contributed by atoms with E-state index in [4.69, 9.17) is 0 Å². The Kier molecular flexibility index (Phi) is 4.35. The Morgan fingerprint density at radius 3 is 2.76 bits per heavy atom. The second-order valence-corrected chi connectivity index (χ2v) is 6.26. The Morgan fingerprint density at radius 2 is 2.12 bits per heavy atom. The smallest absolute Gasteiger partial charge is 0.123 e. The van der Waals surface area contributed by atoms with Crippen LogP contribution in [0.5, 0.6) is 0 Å². The standard InChI is InChI=1S/C14H14BrFS/c1-2-12-6-7-14(17-12)13(15)9-10-4-3-5-11(16)8-10/h3-8,13H,2,9H2,1H3. The van der Waals surface area contributed by atoms with Crippen molar-refractivity contribution in [3.05, 3.63) is 57.5 Å². The van der Waals surface area contributed by atoms with E-state index in [0.29, 0.717) is 0 Å². The van der Waals surface area contributed by atoms with Crippen molar-refractivity contribution in [2.75, 3.05) is 0 Å². The van der Waals surface area contributed by atoms with Crippen LogP contribution in [0.2, 0.25) is 0 Å². The van der Waals surface area contributed by atoms with Gasteiger partial charge in [-0.25, -0.2) is 4.39 Å². The van der Waals surface area contributed by atoms with Crippen LogP contribution in [-0.4, -0.2) is 0 Å². The van der Waals surface area contributed by atoms with E-state index in [-0.39, 0.29) is 10.6 Å². The largest absolute Gasteiger partial charge is 0.207 e. The van der Waals surface area contributed by atoms with Crippen molar-refractivity contribution in [2.45, 2.75) is 24.6 Å². The first kappa shape index (κ1) is 12.8. The number of alkyl halides is 1. The molecule has 1 unspecified atom stereocenters. The monoisotopic (exact) mass is 312 g/mol. The van der Waals surface area contributed by atoms with Crippen LogP contribution >= 0.6 is 27.3 Å². The van der Waals surface area contributed by atoms with Crippen molar-refractivity contribution in [3.8, 4) is 0 Å². The average molecular weight is 313 g/mol. The van der Waals surface area contributed by atoms with E-state index in [9.17, 15) is 4.39 Å². The Balaban J connectivity index is 2.08. The van der Waals surface area contributed by atoms with Crippen molar-refractivity contribution in [1.29, 1.82) is 0 Å². The van der Waals surface area contributed by atoms with E-state index in [0.717, 1.165) is 18.4 Å². The van der Waals surface area contributed by atoms with Crippen molar-refractivity contribution < 1.29 is 4.39 Å². The summed E-state index contributed by atoms with van der Waals surface area (Å²) in [5, 5.41) is 0. The highest BCUT2D eigenvalue weighted by Gasteiger charge is 2.11. The van der Waals surface area contributed by atoms with Gasteiger partial charge in [0, 0.05) is 9.75 Å². The third-order valence-electron chi connectivity index (χ3n) is 2.64. The summed E-state index contributed by atoms with van der Waals surface area (Å²) in [5.74, 6) is -0.164. The van der Waals surface area contributed by atoms with E-state index in [2.05, 4.69) is 35.0 Å². The van der Waals surface area contributed by atoms with E-state index in [1.807, 2.05) is 17.4 Å². The molecule has 0 fully saturated rings. The first-order chi connectivity index (χ1) is 8.19. The zero-order chi connectivity index (χ0) is 12.3. The van der Waals surface area contributed by atoms with E-state index >= 15 is 0 Å². The summed E-state index contributed by atoms with van der Waals surface area (Å²) in [5.41, 5.74) is 1.03. The minimum atomic E-state index is -0.164. The summed E-state index contributed by atoms with van der Waals surface area (Å²) >= 11 is 5.50. The Bertz CT molecular complexity index is 492. The normalized spacial score (nSPS) is 12.6. The Morgan fingerprint density at radius 1 is 1.29 bits per heavy atom. The first-order valence-electron chi connectivity index (χ1n) is 5.66. The molecule has 0 bridgehead atoms. The van der Waals surface area contributed by atoms with Crippen LogP contribution < -0.4 is 0 Å². The molecule has 0 N–H and O–H groups in total. The van der Waals surface area contributed by atoms with Gasteiger partial charge in [0.15, 0.2) is 0 Å². The fourth-order valence-corrected chi connectivity index (χ4v) is 3.46. The lowest BCUT2D eigenvalue weighted by Gasteiger charge is -2.07. The van der Waals surface area contributed by atoms with Gasteiger partial charge in [0.1, 0.15) is 5.82 Å². The summed E-state index contributed by atoms with van der Waals surface area (Å²) in [6, 6.07) is 11.1. The summed E-state index contributed by atoms with van der Waals surface area (Å²) in [6.45, 7) is 2.16. The lowest BCUT2D eigenvalue weighted by Crippen LogP contribution is -1.93. The quantitative estimate of drug-likeness (QED) is 0.687. The molecule has 1 heterocycles. The molecule has 0 saturated heterocycles. The molecule has 90 valence electrons. The number of hydrogen-bond acceptors (Lipinski definition) is 1. The molecule has 2 aromatic rings. The lowest BCUT2D eigenvalue weighted by molar-refractivity contribution is 0.625. The lowest BCUT2D eigenvalue weighted by atomic mass is 10.1. The van der Waals surface area contributed by atoms with E-state index in [1.165, 1.54) is 15.8 Å². The molecule has 0 aliphatic carbocycles. The SMILES string of the molecule is CCc1ccc(C(Br)Cc2cccc(F)c2)s1. The van der Waals surface area contributed by atoms with Gasteiger partial charge in [-0.05, 0) is 42.7 Å². The molecule has 3 heteroatoms. The van der Waals surface area contributed by atoms with Crippen LogP contribution in [0.3, 0.4) is 0 Å². The molecular weight excluding hydrogens is 299 g/mol. The molecule has 1 aromatic heterocycles. The topological polar surface area (TPSA) is 0 Å². The highest BCUT2D eigenvalue weighted by Crippen LogP contribution is 2.32. The molecule has 1 atom stereocenters. The molecular formula is C14H14BrFS. The summed E-state index contributed by atoms with van der Waals surface area (Å²) in [6.07, 6.45) is 1.89. The highest BCUT2D eigenvalue weighted by atomic mass is 79.9. The van der Waals surface area contributed by atoms with Gasteiger partial charge >= 0.3 is 0 Å². The van der Waals surface area contributed by atoms with E-state index in [1.54, 1.807) is 12.1 Å². The summed E-state index contributed by atoms with van der Waals surface area (Å²) < 4.78 is 13.1. The molecule has 17 heavy (non-hydrogen) atoms. The summed E-state index contributed by atoms with van der Waals surface area (Å²) in [7, 11) is 0. The van der Waals surface area contributed by atoms with Gasteiger partial charge in [-0.15, -0.1) is 11.3 Å². The zero-order valence-corrected chi connectivity index (χ0v) is 12.0. The minimum Gasteiger partial charge on any atom is -0.207 e. The molecule has 0 saturated carbocycles. The third-order valence-corrected chi connectivity index (χ3v) is 5.11. The number of aryl methyl sites for hydroxylation is 1. The van der Waals surface area contributed by atoms with Crippen molar-refractivity contribution in [3.63, 3.8) is 0 Å². The number of halogens is 2. The van der Waals surface area contributed by atoms with Gasteiger partial charge in [0.05, 0.1) is 4.83 Å². The van der Waals surface area contributed by atoms with Gasteiger partial charge in [-0.3, -0.25) is 0 Å². The number of rotatable bonds is 4. The number of hydrogen-bond donors (Lipinski definition) is 0. The van der Waals surface area contributed by atoms with Crippen LogP contribution in [0.15, 0.2) is 36.4 Å². The van der Waals surface area contributed by atoms with Crippen LogP contribution in [0.25, 0.3) is 0 Å². The molecule has 0 aliphatic heterocycles. The molecule has 0 spiro atoms. The summed E-state index contributed by atoms with van der Waals surface area (Å²) in [4.78, 5) is 2.98. The first-order valence-corrected chi connectivity index (χ1v) is 7.39. The Labute approximate surface area is 114 Å². The predicted octanol–water partition coefficient (Wildman–Crippen LogP) is 5.13. The molecule has 1 aromatic carbocycles. The van der Waals surface area contributed by atoms with Gasteiger partial charge in [0.25, 0.3) is 0 Å². The maximum atomic E-state index is 13.1. The van der Waals surface area contributed by atoms with Crippen molar-refractivity contribution in [1.82, 2.24) is 0 Å². The third kappa shape index (κ3) is 3.39. The maximum absolute atomic E-state index is 13.1. The fourth-order valence-electron chi connectivity index (χ4n) is 1.72. The predicted molar refractivity (Wildman–Crippen MR) is 75.5 cm³/mol. The number of benzene rings is 1.